The third kappa shape index (κ3) is 3.19. The topological polar surface area (TPSA) is 105 Å². The summed E-state index contributed by atoms with van der Waals surface area (Å²) < 4.78 is 0.500. The Morgan fingerprint density at radius 1 is 1.58 bits per heavy atom. The molecule has 2 rings (SSSR count). The number of nitrogens with zero attached hydrogens (tertiary/aromatic N) is 2. The zero-order valence-corrected chi connectivity index (χ0v) is 11.5. The molecule has 19 heavy (non-hydrogen) atoms. The lowest BCUT2D eigenvalue weighted by molar-refractivity contribution is -0.385. The summed E-state index contributed by atoms with van der Waals surface area (Å²) in [5.74, 6) is -0.601. The lowest BCUT2D eigenvalue weighted by Crippen LogP contribution is -2.18. The third-order valence-corrected chi connectivity index (χ3v) is 3.76. The Balaban J connectivity index is 2.04. The van der Waals surface area contributed by atoms with E-state index in [1.165, 1.54) is 12.3 Å². The number of pyridine rings is 1. The van der Waals surface area contributed by atoms with Crippen LogP contribution in [0.25, 0.3) is 0 Å². The second-order valence-electron chi connectivity index (χ2n) is 4.47. The molecule has 0 aliphatic heterocycles. The van der Waals surface area contributed by atoms with E-state index < -0.39 is 10.9 Å². The molecule has 2 atom stereocenters. The number of hydrogen-bond donors (Lipinski definition) is 2. The van der Waals surface area contributed by atoms with Gasteiger partial charge in [-0.05, 0) is 35.2 Å². The molecule has 0 amide bonds. The molecule has 0 saturated heterocycles. The molecule has 1 aromatic rings. The maximum atomic E-state index is 10.9. The molecule has 0 spiro atoms. The quantitative estimate of drug-likeness (QED) is 0.649. The largest absolute Gasteiger partial charge is 0.481 e. The monoisotopic (exact) mass is 329 g/mol. The van der Waals surface area contributed by atoms with Gasteiger partial charge in [0, 0.05) is 12.1 Å². The number of hydrogen-bond acceptors (Lipinski definition) is 5. The zero-order chi connectivity index (χ0) is 14.0. The lowest BCUT2D eigenvalue weighted by Gasteiger charge is -2.14. The summed E-state index contributed by atoms with van der Waals surface area (Å²) in [6.07, 6.45) is 3.11. The summed E-state index contributed by atoms with van der Waals surface area (Å²) >= 11 is 3.22. The van der Waals surface area contributed by atoms with E-state index in [1.807, 2.05) is 0 Å². The molecule has 1 heterocycles. The first-order valence-electron chi connectivity index (χ1n) is 5.76. The van der Waals surface area contributed by atoms with E-state index in [0.717, 1.165) is 6.42 Å². The van der Waals surface area contributed by atoms with Crippen LogP contribution in [-0.4, -0.2) is 27.0 Å². The normalized spacial score (nSPS) is 22.2. The van der Waals surface area contributed by atoms with Crippen LogP contribution in [0, 0.1) is 16.0 Å². The number of anilines is 1. The minimum Gasteiger partial charge on any atom is -0.481 e. The molecule has 102 valence electrons. The van der Waals surface area contributed by atoms with Gasteiger partial charge in [0.05, 0.1) is 15.3 Å². The molecule has 0 radical (unpaired) electrons. The molecule has 1 saturated carbocycles. The fourth-order valence-electron chi connectivity index (χ4n) is 2.16. The van der Waals surface area contributed by atoms with Gasteiger partial charge in [-0.25, -0.2) is 4.98 Å². The zero-order valence-electron chi connectivity index (χ0n) is 9.88. The van der Waals surface area contributed by atoms with Crippen molar-refractivity contribution in [3.63, 3.8) is 0 Å². The second-order valence-corrected chi connectivity index (χ2v) is 5.32. The van der Waals surface area contributed by atoms with E-state index in [2.05, 4.69) is 26.2 Å². The van der Waals surface area contributed by atoms with Crippen LogP contribution in [0.15, 0.2) is 16.7 Å². The van der Waals surface area contributed by atoms with Gasteiger partial charge in [0.25, 0.3) is 5.69 Å². The third-order valence-electron chi connectivity index (χ3n) is 3.16. The van der Waals surface area contributed by atoms with Crippen molar-refractivity contribution in [2.75, 3.05) is 5.32 Å². The van der Waals surface area contributed by atoms with Crippen LogP contribution >= 0.6 is 15.9 Å². The van der Waals surface area contributed by atoms with E-state index in [1.54, 1.807) is 0 Å². The van der Waals surface area contributed by atoms with Gasteiger partial charge < -0.3 is 10.4 Å². The highest BCUT2D eigenvalue weighted by Crippen LogP contribution is 2.31. The lowest BCUT2D eigenvalue weighted by atomic mass is 10.1. The second kappa shape index (κ2) is 5.52. The van der Waals surface area contributed by atoms with Crippen LogP contribution in [0.2, 0.25) is 0 Å². The molecule has 1 fully saturated rings. The van der Waals surface area contributed by atoms with Crippen molar-refractivity contribution in [3.8, 4) is 0 Å². The van der Waals surface area contributed by atoms with Gasteiger partial charge in [-0.2, -0.15) is 0 Å². The summed E-state index contributed by atoms with van der Waals surface area (Å²) in [4.78, 5) is 24.9. The molecule has 2 N–H and O–H groups in total. The number of carbonyl (C=O) groups is 1. The molecule has 0 aromatic carbocycles. The fraction of sp³-hybridized carbons (Fsp3) is 0.455. The first-order chi connectivity index (χ1) is 8.97. The number of carboxylic acid groups (broad SMARTS) is 1. The van der Waals surface area contributed by atoms with Crippen molar-refractivity contribution in [2.45, 2.75) is 25.3 Å². The number of aliphatic carboxylic acids is 1. The molecule has 1 aliphatic carbocycles. The molecule has 7 nitrogen and oxygen atoms in total. The first kappa shape index (κ1) is 13.7. The highest BCUT2D eigenvalue weighted by Gasteiger charge is 2.30. The van der Waals surface area contributed by atoms with Crippen LogP contribution in [0.4, 0.5) is 11.5 Å². The van der Waals surface area contributed by atoms with Gasteiger partial charge in [-0.1, -0.05) is 0 Å². The average Bonchev–Trinajstić information content (AvgIpc) is 2.80. The summed E-state index contributed by atoms with van der Waals surface area (Å²) in [7, 11) is 0. The predicted molar refractivity (Wildman–Crippen MR) is 71.0 cm³/mol. The van der Waals surface area contributed by atoms with Gasteiger partial charge in [0.2, 0.25) is 0 Å². The molecule has 1 aliphatic rings. The minimum atomic E-state index is -0.778. The molecule has 0 bridgehead atoms. The number of nitrogens with one attached hydrogen (secondary N) is 1. The number of aromatic nitrogens is 1. The van der Waals surface area contributed by atoms with Gasteiger partial charge >= 0.3 is 5.97 Å². The minimum absolute atomic E-state index is 0.0337. The van der Waals surface area contributed by atoms with Crippen LogP contribution in [0.3, 0.4) is 0 Å². The highest BCUT2D eigenvalue weighted by atomic mass is 79.9. The van der Waals surface area contributed by atoms with Crippen molar-refractivity contribution in [1.82, 2.24) is 4.98 Å². The van der Waals surface area contributed by atoms with E-state index in [4.69, 9.17) is 5.11 Å². The first-order valence-corrected chi connectivity index (χ1v) is 6.56. The summed E-state index contributed by atoms with van der Waals surface area (Å²) in [6.45, 7) is 0. The van der Waals surface area contributed by atoms with E-state index >= 15 is 0 Å². The molecule has 1 aromatic heterocycles. The highest BCUT2D eigenvalue weighted by molar-refractivity contribution is 9.10. The number of nitro groups is 1. The Morgan fingerprint density at radius 3 is 2.84 bits per heavy atom. The smallest absolute Gasteiger partial charge is 0.306 e. The van der Waals surface area contributed by atoms with Crippen LogP contribution in [0.1, 0.15) is 19.3 Å². The number of carboxylic acids is 1. The standard InChI is InChI=1S/C11H12BrN3O4/c12-9-4-8(15(18)19)5-13-10(9)14-7-2-1-6(3-7)11(16)17/h4-7H,1-3H2,(H,13,14)(H,16,17). The Hall–Kier alpha value is -1.70. The SMILES string of the molecule is O=C(O)C1CCC(Nc2ncc([N+](=O)[O-])cc2Br)C1. The Kier molecular flexibility index (Phi) is 3.98. The number of halogens is 1. The Labute approximate surface area is 117 Å². The number of rotatable bonds is 4. The van der Waals surface area contributed by atoms with E-state index in [0.29, 0.717) is 23.1 Å². The average molecular weight is 330 g/mol. The van der Waals surface area contributed by atoms with Gasteiger partial charge in [-0.15, -0.1) is 0 Å². The van der Waals surface area contributed by atoms with Gasteiger partial charge in [-0.3, -0.25) is 14.9 Å². The van der Waals surface area contributed by atoms with Crippen molar-refractivity contribution < 1.29 is 14.8 Å². The van der Waals surface area contributed by atoms with E-state index in [-0.39, 0.29) is 17.6 Å². The van der Waals surface area contributed by atoms with Crippen LogP contribution < -0.4 is 5.32 Å². The van der Waals surface area contributed by atoms with Gasteiger partial charge in [0.1, 0.15) is 12.0 Å². The van der Waals surface area contributed by atoms with Crippen molar-refractivity contribution in [1.29, 1.82) is 0 Å². The maximum Gasteiger partial charge on any atom is 0.306 e. The maximum absolute atomic E-state index is 10.9. The molecule has 2 unspecified atom stereocenters. The van der Waals surface area contributed by atoms with Gasteiger partial charge in [0.15, 0.2) is 0 Å². The van der Waals surface area contributed by atoms with E-state index in [9.17, 15) is 14.9 Å². The summed E-state index contributed by atoms with van der Waals surface area (Å²) in [5.41, 5.74) is -0.0905. The Morgan fingerprint density at radius 2 is 2.32 bits per heavy atom. The summed E-state index contributed by atoms with van der Waals surface area (Å²) in [6, 6.07) is 1.41. The fourth-order valence-corrected chi connectivity index (χ4v) is 2.62. The molecular weight excluding hydrogens is 318 g/mol. The van der Waals surface area contributed by atoms with Crippen molar-refractivity contribution in [2.24, 2.45) is 5.92 Å². The Bertz CT molecular complexity index is 523. The van der Waals surface area contributed by atoms with Crippen LogP contribution in [0.5, 0.6) is 0 Å². The van der Waals surface area contributed by atoms with Crippen molar-refractivity contribution >= 4 is 33.4 Å². The molecular formula is C11H12BrN3O4. The van der Waals surface area contributed by atoms with Crippen molar-refractivity contribution in [3.05, 3.63) is 26.9 Å². The predicted octanol–water partition coefficient (Wildman–Crippen LogP) is 2.42. The molecule has 8 heteroatoms. The van der Waals surface area contributed by atoms with Crippen LogP contribution in [-0.2, 0) is 4.79 Å². The summed E-state index contributed by atoms with van der Waals surface area (Å²) in [5, 5.41) is 22.6.